The predicted molar refractivity (Wildman–Crippen MR) is 95.3 cm³/mol. The van der Waals surface area contributed by atoms with E-state index in [2.05, 4.69) is 0 Å². The Morgan fingerprint density at radius 1 is 1.04 bits per heavy atom. The van der Waals surface area contributed by atoms with Gasteiger partial charge in [-0.1, -0.05) is 24.3 Å². The number of hydrogen-bond acceptors (Lipinski definition) is 4. The van der Waals surface area contributed by atoms with E-state index >= 15 is 0 Å². The van der Waals surface area contributed by atoms with Gasteiger partial charge in [-0.2, -0.15) is 0 Å². The third kappa shape index (κ3) is 4.24. The van der Waals surface area contributed by atoms with Crippen LogP contribution in [0.1, 0.15) is 12.0 Å². The molecule has 0 aliphatic carbocycles. The maximum atomic E-state index is 12.3. The first kappa shape index (κ1) is 17.1. The largest absolute Gasteiger partial charge is 0.497 e. The normalized spacial score (nSPS) is 13.9. The molecule has 0 radical (unpaired) electrons. The summed E-state index contributed by atoms with van der Waals surface area (Å²) in [5.74, 6) is 2.52. The van der Waals surface area contributed by atoms with E-state index in [0.29, 0.717) is 25.9 Å². The van der Waals surface area contributed by atoms with Gasteiger partial charge in [-0.15, -0.1) is 0 Å². The Balaban J connectivity index is 1.45. The fourth-order valence-electron chi connectivity index (χ4n) is 2.89. The van der Waals surface area contributed by atoms with Gasteiger partial charge in [-0.25, -0.2) is 0 Å². The first-order valence-electron chi connectivity index (χ1n) is 8.40. The van der Waals surface area contributed by atoms with Gasteiger partial charge < -0.3 is 19.1 Å². The molecule has 0 atom stereocenters. The van der Waals surface area contributed by atoms with Gasteiger partial charge in [0.25, 0.3) is 0 Å². The summed E-state index contributed by atoms with van der Waals surface area (Å²) in [5, 5.41) is 0. The lowest BCUT2D eigenvalue weighted by Gasteiger charge is -2.39. The van der Waals surface area contributed by atoms with Crippen molar-refractivity contribution in [1.29, 1.82) is 0 Å². The van der Waals surface area contributed by atoms with Crippen molar-refractivity contribution in [1.82, 2.24) is 4.90 Å². The van der Waals surface area contributed by atoms with E-state index in [1.54, 1.807) is 14.2 Å². The molecule has 1 aliphatic rings. The third-order valence-corrected chi connectivity index (χ3v) is 4.35. The summed E-state index contributed by atoms with van der Waals surface area (Å²) < 4.78 is 16.4. The highest BCUT2D eigenvalue weighted by Crippen LogP contribution is 2.24. The SMILES string of the molecule is COc1cccc(OC2CN(C(=O)CCc3ccccc3OC)C2)c1. The number of benzene rings is 2. The minimum Gasteiger partial charge on any atom is -0.497 e. The van der Waals surface area contributed by atoms with Crippen molar-refractivity contribution >= 4 is 5.91 Å². The lowest BCUT2D eigenvalue weighted by molar-refractivity contribution is -0.139. The van der Waals surface area contributed by atoms with E-state index < -0.39 is 0 Å². The van der Waals surface area contributed by atoms with Gasteiger partial charge in [-0.3, -0.25) is 4.79 Å². The summed E-state index contributed by atoms with van der Waals surface area (Å²) in [4.78, 5) is 14.1. The molecule has 0 N–H and O–H groups in total. The summed E-state index contributed by atoms with van der Waals surface area (Å²) in [7, 11) is 3.28. The van der Waals surface area contributed by atoms with Crippen LogP contribution in [0.2, 0.25) is 0 Å². The zero-order chi connectivity index (χ0) is 17.6. The maximum absolute atomic E-state index is 12.3. The standard InChI is InChI=1S/C20H23NO4/c1-23-16-7-5-8-17(12-16)25-18-13-21(14-18)20(22)11-10-15-6-3-4-9-19(15)24-2/h3-9,12,18H,10-11,13-14H2,1-2H3. The molecule has 0 bridgehead atoms. The third-order valence-electron chi connectivity index (χ3n) is 4.35. The highest BCUT2D eigenvalue weighted by Gasteiger charge is 2.32. The van der Waals surface area contributed by atoms with Crippen LogP contribution in [0.3, 0.4) is 0 Å². The number of nitrogens with zero attached hydrogens (tertiary/aromatic N) is 1. The fourth-order valence-corrected chi connectivity index (χ4v) is 2.89. The van der Waals surface area contributed by atoms with Crippen LogP contribution >= 0.6 is 0 Å². The maximum Gasteiger partial charge on any atom is 0.223 e. The number of hydrogen-bond donors (Lipinski definition) is 0. The summed E-state index contributed by atoms with van der Waals surface area (Å²) in [5.41, 5.74) is 1.06. The number of aryl methyl sites for hydroxylation is 1. The average Bonchev–Trinajstić information content (AvgIpc) is 2.62. The minimum absolute atomic E-state index is 0.0438. The van der Waals surface area contributed by atoms with Crippen molar-refractivity contribution in [3.05, 3.63) is 54.1 Å². The summed E-state index contributed by atoms with van der Waals surface area (Å²) in [6, 6.07) is 15.3. The second-order valence-electron chi connectivity index (χ2n) is 6.03. The van der Waals surface area contributed by atoms with E-state index in [4.69, 9.17) is 14.2 Å². The molecule has 1 saturated heterocycles. The van der Waals surface area contributed by atoms with Crippen LogP contribution in [-0.2, 0) is 11.2 Å². The minimum atomic E-state index is 0.0438. The van der Waals surface area contributed by atoms with Gasteiger partial charge in [-0.05, 0) is 30.2 Å². The molecule has 0 saturated carbocycles. The van der Waals surface area contributed by atoms with Crippen LogP contribution in [0.15, 0.2) is 48.5 Å². The molecule has 25 heavy (non-hydrogen) atoms. The van der Waals surface area contributed by atoms with E-state index in [1.165, 1.54) is 0 Å². The van der Waals surface area contributed by atoms with Gasteiger partial charge >= 0.3 is 0 Å². The van der Waals surface area contributed by atoms with Crippen molar-refractivity contribution in [3.8, 4) is 17.2 Å². The topological polar surface area (TPSA) is 48.0 Å². The number of para-hydroxylation sites is 1. The number of rotatable bonds is 7. The molecule has 2 aromatic carbocycles. The molecular formula is C20H23NO4. The Hall–Kier alpha value is -2.69. The van der Waals surface area contributed by atoms with Crippen LogP contribution < -0.4 is 14.2 Å². The van der Waals surface area contributed by atoms with Crippen LogP contribution in [0.5, 0.6) is 17.2 Å². The quantitative estimate of drug-likeness (QED) is 0.777. The molecule has 1 fully saturated rings. The van der Waals surface area contributed by atoms with Crippen molar-refractivity contribution in [2.45, 2.75) is 18.9 Å². The number of likely N-dealkylation sites (tertiary alicyclic amines) is 1. The van der Waals surface area contributed by atoms with E-state index in [0.717, 1.165) is 22.8 Å². The van der Waals surface area contributed by atoms with E-state index in [1.807, 2.05) is 53.4 Å². The molecule has 132 valence electrons. The Labute approximate surface area is 148 Å². The first-order chi connectivity index (χ1) is 12.2. The number of carbonyl (C=O) groups is 1. The second kappa shape index (κ2) is 7.92. The van der Waals surface area contributed by atoms with Gasteiger partial charge in [0.1, 0.15) is 23.4 Å². The van der Waals surface area contributed by atoms with Gasteiger partial charge in [0.05, 0.1) is 27.3 Å². The Kier molecular flexibility index (Phi) is 5.43. The molecule has 3 rings (SSSR count). The smallest absolute Gasteiger partial charge is 0.223 e. The summed E-state index contributed by atoms with van der Waals surface area (Å²) >= 11 is 0. The molecular weight excluding hydrogens is 318 g/mol. The zero-order valence-electron chi connectivity index (χ0n) is 14.6. The van der Waals surface area contributed by atoms with Gasteiger partial charge in [0.2, 0.25) is 5.91 Å². The van der Waals surface area contributed by atoms with Gasteiger partial charge in [0.15, 0.2) is 0 Å². The predicted octanol–water partition coefficient (Wildman–Crippen LogP) is 2.93. The molecule has 1 aliphatic heterocycles. The van der Waals surface area contributed by atoms with Crippen molar-refractivity contribution in [2.24, 2.45) is 0 Å². The van der Waals surface area contributed by atoms with Crippen LogP contribution in [0.4, 0.5) is 0 Å². The Morgan fingerprint density at radius 3 is 2.56 bits per heavy atom. The number of ether oxygens (including phenoxy) is 3. The molecule has 5 heteroatoms. The number of methoxy groups -OCH3 is 2. The second-order valence-corrected chi connectivity index (χ2v) is 6.03. The van der Waals surface area contributed by atoms with E-state index in [-0.39, 0.29) is 12.0 Å². The molecule has 0 aromatic heterocycles. The Bertz CT molecular complexity index is 725. The van der Waals surface area contributed by atoms with Crippen LogP contribution in [0, 0.1) is 0 Å². The summed E-state index contributed by atoms with van der Waals surface area (Å²) in [6.45, 7) is 1.25. The number of carbonyl (C=O) groups excluding carboxylic acids is 1. The average molecular weight is 341 g/mol. The van der Waals surface area contributed by atoms with Crippen LogP contribution in [0.25, 0.3) is 0 Å². The van der Waals surface area contributed by atoms with Crippen molar-refractivity contribution in [2.75, 3.05) is 27.3 Å². The van der Waals surface area contributed by atoms with Crippen molar-refractivity contribution < 1.29 is 19.0 Å². The van der Waals surface area contributed by atoms with Crippen LogP contribution in [-0.4, -0.2) is 44.2 Å². The molecule has 1 amide bonds. The van der Waals surface area contributed by atoms with Crippen molar-refractivity contribution in [3.63, 3.8) is 0 Å². The first-order valence-corrected chi connectivity index (χ1v) is 8.40. The lowest BCUT2D eigenvalue weighted by atomic mass is 10.1. The molecule has 5 nitrogen and oxygen atoms in total. The monoisotopic (exact) mass is 341 g/mol. The Morgan fingerprint density at radius 2 is 1.80 bits per heavy atom. The van der Waals surface area contributed by atoms with E-state index in [9.17, 15) is 4.79 Å². The highest BCUT2D eigenvalue weighted by atomic mass is 16.5. The lowest BCUT2D eigenvalue weighted by Crippen LogP contribution is -2.56. The fraction of sp³-hybridized carbons (Fsp3) is 0.350. The molecule has 2 aromatic rings. The number of amides is 1. The van der Waals surface area contributed by atoms with Gasteiger partial charge in [0, 0.05) is 12.5 Å². The zero-order valence-corrected chi connectivity index (χ0v) is 14.6. The highest BCUT2D eigenvalue weighted by molar-refractivity contribution is 5.77. The summed E-state index contributed by atoms with van der Waals surface area (Å²) in [6.07, 6.45) is 1.20. The molecule has 0 spiro atoms. The molecule has 0 unspecified atom stereocenters. The molecule has 1 heterocycles.